The average molecular weight is 433 g/mol. The molecule has 1 spiro atoms. The molecule has 1 fully saturated rings. The third-order valence-electron chi connectivity index (χ3n) is 5.49. The van der Waals surface area contributed by atoms with Crippen LogP contribution in [0.4, 0.5) is 0 Å². The van der Waals surface area contributed by atoms with Crippen LogP contribution in [0.25, 0.3) is 0 Å². The highest BCUT2D eigenvalue weighted by Gasteiger charge is 2.43. The molecule has 7 nitrogen and oxygen atoms in total. The van der Waals surface area contributed by atoms with Crippen LogP contribution in [0.5, 0.6) is 5.75 Å². The highest BCUT2D eigenvalue weighted by atomic mass is 32.2. The summed E-state index contributed by atoms with van der Waals surface area (Å²) in [5.41, 5.74) is 0.558. The van der Waals surface area contributed by atoms with Gasteiger partial charge in [-0.2, -0.15) is 0 Å². The van der Waals surface area contributed by atoms with Crippen LogP contribution in [-0.4, -0.2) is 51.9 Å². The third kappa shape index (κ3) is 4.56. The number of hydrogen-bond acceptors (Lipinski definition) is 7. The van der Waals surface area contributed by atoms with E-state index in [4.69, 9.17) is 4.74 Å². The average Bonchev–Trinajstić information content (AvgIpc) is 3.08. The van der Waals surface area contributed by atoms with Crippen LogP contribution in [0, 0.1) is 6.92 Å². The first kappa shape index (κ1) is 20.2. The molecule has 1 aromatic heterocycles. The number of hydrogen-bond donors (Lipinski definition) is 1. The van der Waals surface area contributed by atoms with Gasteiger partial charge in [0.05, 0.1) is 11.8 Å². The van der Waals surface area contributed by atoms with Gasteiger partial charge in [0.15, 0.2) is 4.34 Å². The minimum atomic E-state index is -0.434. The van der Waals surface area contributed by atoms with Gasteiger partial charge in [-0.05, 0) is 19.4 Å². The molecule has 0 aliphatic carbocycles. The molecule has 3 heterocycles. The minimum Gasteiger partial charge on any atom is -0.487 e. The van der Waals surface area contributed by atoms with Crippen molar-refractivity contribution in [2.24, 2.45) is 0 Å². The number of thioether (sulfide) groups is 1. The number of aryl methyl sites for hydroxylation is 1. The number of likely N-dealkylation sites (tertiary alicyclic amines) is 1. The molecule has 1 saturated heterocycles. The van der Waals surface area contributed by atoms with E-state index in [9.17, 15) is 9.59 Å². The van der Waals surface area contributed by atoms with Gasteiger partial charge in [0.25, 0.3) is 0 Å². The molecule has 0 bridgehead atoms. The van der Waals surface area contributed by atoms with E-state index in [1.807, 2.05) is 38.2 Å². The van der Waals surface area contributed by atoms with Crippen molar-refractivity contribution in [3.63, 3.8) is 0 Å². The fraction of sp³-hybridized carbons (Fsp3) is 0.500. The van der Waals surface area contributed by atoms with E-state index in [1.54, 1.807) is 4.90 Å². The van der Waals surface area contributed by atoms with E-state index in [1.165, 1.54) is 23.1 Å². The number of rotatable bonds is 4. The van der Waals surface area contributed by atoms with E-state index >= 15 is 0 Å². The number of amides is 2. The van der Waals surface area contributed by atoms with Gasteiger partial charge >= 0.3 is 0 Å². The van der Waals surface area contributed by atoms with Gasteiger partial charge in [-0.15, -0.1) is 10.2 Å². The van der Waals surface area contributed by atoms with Gasteiger partial charge < -0.3 is 15.0 Å². The van der Waals surface area contributed by atoms with Gasteiger partial charge in [0.1, 0.15) is 16.4 Å². The Morgan fingerprint density at radius 2 is 2.21 bits per heavy atom. The SMILES string of the molecule is Cc1nnc(SCC(=O)NC2CC3(CCC(=O)N(C)CC3)Oc3ccccc32)s1. The molecule has 2 aliphatic rings. The Morgan fingerprint density at radius 1 is 1.38 bits per heavy atom. The summed E-state index contributed by atoms with van der Waals surface area (Å²) in [6, 6.07) is 7.72. The summed E-state index contributed by atoms with van der Waals surface area (Å²) in [6.07, 6.45) is 2.55. The first-order valence-electron chi connectivity index (χ1n) is 9.68. The van der Waals surface area contributed by atoms with E-state index in [0.29, 0.717) is 31.6 Å². The Hall–Kier alpha value is -2.13. The summed E-state index contributed by atoms with van der Waals surface area (Å²) < 4.78 is 7.23. The molecular weight excluding hydrogens is 408 g/mol. The molecule has 2 amide bonds. The second-order valence-corrected chi connectivity index (χ2v) is 9.99. The smallest absolute Gasteiger partial charge is 0.230 e. The first-order valence-corrected chi connectivity index (χ1v) is 11.5. The fourth-order valence-electron chi connectivity index (χ4n) is 3.90. The highest BCUT2D eigenvalue weighted by molar-refractivity contribution is 8.01. The zero-order valence-electron chi connectivity index (χ0n) is 16.5. The molecule has 29 heavy (non-hydrogen) atoms. The number of benzene rings is 1. The van der Waals surface area contributed by atoms with E-state index in [0.717, 1.165) is 27.1 Å². The second-order valence-electron chi connectivity index (χ2n) is 7.59. The van der Waals surface area contributed by atoms with Crippen molar-refractivity contribution in [2.75, 3.05) is 19.3 Å². The number of aromatic nitrogens is 2. The molecule has 0 saturated carbocycles. The quantitative estimate of drug-likeness (QED) is 0.748. The summed E-state index contributed by atoms with van der Waals surface area (Å²) in [4.78, 5) is 26.6. The van der Waals surface area contributed by atoms with Gasteiger partial charge in [0, 0.05) is 38.4 Å². The van der Waals surface area contributed by atoms with Gasteiger partial charge in [-0.1, -0.05) is 41.3 Å². The molecule has 2 unspecified atom stereocenters. The molecule has 4 rings (SSSR count). The van der Waals surface area contributed by atoms with Gasteiger partial charge in [0.2, 0.25) is 11.8 Å². The number of carbonyl (C=O) groups is 2. The van der Waals surface area contributed by atoms with Gasteiger partial charge in [-0.25, -0.2) is 0 Å². The van der Waals surface area contributed by atoms with Crippen LogP contribution in [-0.2, 0) is 9.59 Å². The molecule has 2 atom stereocenters. The first-order chi connectivity index (χ1) is 13.9. The zero-order valence-corrected chi connectivity index (χ0v) is 18.1. The maximum atomic E-state index is 12.7. The number of ether oxygens (including phenoxy) is 1. The Bertz CT molecular complexity index is 919. The number of nitrogens with one attached hydrogen (secondary N) is 1. The van der Waals surface area contributed by atoms with E-state index in [2.05, 4.69) is 15.5 Å². The number of carbonyl (C=O) groups excluding carboxylic acids is 2. The molecule has 2 aromatic rings. The lowest BCUT2D eigenvalue weighted by molar-refractivity contribution is -0.129. The van der Waals surface area contributed by atoms with Crippen molar-refractivity contribution < 1.29 is 14.3 Å². The number of para-hydroxylation sites is 1. The Labute approximate surface area is 178 Å². The van der Waals surface area contributed by atoms with Crippen molar-refractivity contribution in [3.8, 4) is 5.75 Å². The molecule has 9 heteroatoms. The third-order valence-corrected chi connectivity index (χ3v) is 7.46. The molecule has 1 N–H and O–H groups in total. The Kier molecular flexibility index (Phi) is 5.78. The zero-order chi connectivity index (χ0) is 20.4. The predicted octanol–water partition coefficient (Wildman–Crippen LogP) is 2.96. The molecule has 154 valence electrons. The van der Waals surface area contributed by atoms with Gasteiger partial charge in [-0.3, -0.25) is 9.59 Å². The van der Waals surface area contributed by atoms with Crippen LogP contribution < -0.4 is 10.1 Å². The summed E-state index contributed by atoms with van der Waals surface area (Å²) in [7, 11) is 1.84. The number of nitrogens with zero attached hydrogens (tertiary/aromatic N) is 3. The van der Waals surface area contributed by atoms with Crippen molar-refractivity contribution in [1.29, 1.82) is 0 Å². The minimum absolute atomic E-state index is 0.0403. The van der Waals surface area contributed by atoms with Crippen LogP contribution in [0.3, 0.4) is 0 Å². The maximum Gasteiger partial charge on any atom is 0.230 e. The molecule has 1 aromatic carbocycles. The lowest BCUT2D eigenvalue weighted by atomic mass is 9.82. The largest absolute Gasteiger partial charge is 0.487 e. The molecular formula is C20H24N4O3S2. The fourth-order valence-corrected chi connectivity index (χ4v) is 5.53. The Balaban J connectivity index is 1.49. The lowest BCUT2D eigenvalue weighted by Crippen LogP contribution is -2.46. The highest BCUT2D eigenvalue weighted by Crippen LogP contribution is 2.44. The molecule has 0 radical (unpaired) electrons. The lowest BCUT2D eigenvalue weighted by Gasteiger charge is -2.42. The standard InChI is InChI=1S/C20H24N4O3S2/c1-13-22-23-19(29-13)28-12-17(25)21-15-11-20(8-7-18(26)24(2)10-9-20)27-16-6-4-3-5-14(15)16/h3-6,15H,7-12H2,1-2H3,(H,21,25). The predicted molar refractivity (Wildman–Crippen MR) is 112 cm³/mol. The van der Waals surface area contributed by atoms with Crippen LogP contribution in [0.15, 0.2) is 28.6 Å². The molecule has 2 aliphatic heterocycles. The van der Waals surface area contributed by atoms with Crippen molar-refractivity contribution in [3.05, 3.63) is 34.8 Å². The van der Waals surface area contributed by atoms with E-state index in [-0.39, 0.29) is 17.9 Å². The Morgan fingerprint density at radius 3 is 3.00 bits per heavy atom. The topological polar surface area (TPSA) is 84.4 Å². The second kappa shape index (κ2) is 8.31. The van der Waals surface area contributed by atoms with Crippen molar-refractivity contribution in [2.45, 2.75) is 48.6 Å². The van der Waals surface area contributed by atoms with Crippen LogP contribution in [0.2, 0.25) is 0 Å². The normalized spacial score (nSPS) is 24.0. The van der Waals surface area contributed by atoms with E-state index < -0.39 is 5.60 Å². The summed E-state index contributed by atoms with van der Waals surface area (Å²) >= 11 is 2.89. The summed E-state index contributed by atoms with van der Waals surface area (Å²) in [6.45, 7) is 2.56. The monoisotopic (exact) mass is 432 g/mol. The van der Waals surface area contributed by atoms with Crippen LogP contribution in [0.1, 0.15) is 42.3 Å². The maximum absolute atomic E-state index is 12.7. The van der Waals surface area contributed by atoms with Crippen molar-refractivity contribution >= 4 is 34.9 Å². The van der Waals surface area contributed by atoms with Crippen LogP contribution >= 0.6 is 23.1 Å². The number of fused-ring (bicyclic) bond motifs is 1. The van der Waals surface area contributed by atoms with Crippen molar-refractivity contribution in [1.82, 2.24) is 20.4 Å². The summed E-state index contributed by atoms with van der Waals surface area (Å²) in [5, 5.41) is 12.1. The summed E-state index contributed by atoms with van der Waals surface area (Å²) in [5.74, 6) is 1.20.